The van der Waals surface area contributed by atoms with Crippen LogP contribution in [0.1, 0.15) is 17.2 Å². The highest BCUT2D eigenvalue weighted by Crippen LogP contribution is 2.10. The van der Waals surface area contributed by atoms with Crippen molar-refractivity contribution in [3.63, 3.8) is 0 Å². The van der Waals surface area contributed by atoms with Crippen molar-refractivity contribution in [3.8, 4) is 0 Å². The van der Waals surface area contributed by atoms with Crippen LogP contribution in [0.2, 0.25) is 0 Å². The van der Waals surface area contributed by atoms with Crippen LogP contribution < -0.4 is 5.32 Å². The minimum Gasteiger partial charge on any atom is -0.315 e. The molecule has 0 unspecified atom stereocenters. The fraction of sp³-hybridized carbons (Fsp3) is 0.385. The molecule has 1 aromatic heterocycles. The highest BCUT2D eigenvalue weighted by atomic mass is 15.3. The molecule has 1 aromatic carbocycles. The van der Waals surface area contributed by atoms with E-state index in [4.69, 9.17) is 0 Å². The largest absolute Gasteiger partial charge is 0.315 e. The molecule has 0 atom stereocenters. The molecule has 0 radical (unpaired) electrons. The Hall–Kier alpha value is -1.68. The Morgan fingerprint density at radius 3 is 2.88 bits per heavy atom. The van der Waals surface area contributed by atoms with Crippen LogP contribution in [0.4, 0.5) is 0 Å². The van der Waals surface area contributed by atoms with Gasteiger partial charge in [0.2, 0.25) is 0 Å². The van der Waals surface area contributed by atoms with Gasteiger partial charge in [-0.05, 0) is 5.56 Å². The third-order valence-corrected chi connectivity index (χ3v) is 3.15. The second-order valence-electron chi connectivity index (χ2n) is 4.35. The molecule has 0 amide bonds. The zero-order valence-corrected chi connectivity index (χ0v) is 9.76. The second kappa shape index (κ2) is 4.67. The first-order valence-corrected chi connectivity index (χ1v) is 6.09. The van der Waals surface area contributed by atoms with Gasteiger partial charge in [0.25, 0.3) is 0 Å². The lowest BCUT2D eigenvalue weighted by Crippen LogP contribution is -2.18. The van der Waals surface area contributed by atoms with E-state index in [9.17, 15) is 0 Å². The molecule has 0 bridgehead atoms. The van der Waals surface area contributed by atoms with Gasteiger partial charge in [0.05, 0.1) is 0 Å². The van der Waals surface area contributed by atoms with Crippen LogP contribution in [0.3, 0.4) is 0 Å². The van der Waals surface area contributed by atoms with Crippen LogP contribution >= 0.6 is 0 Å². The zero-order chi connectivity index (χ0) is 11.5. The Morgan fingerprint density at radius 2 is 2.00 bits per heavy atom. The van der Waals surface area contributed by atoms with Crippen LogP contribution in [0.15, 0.2) is 30.3 Å². The Morgan fingerprint density at radius 1 is 1.12 bits per heavy atom. The molecule has 2 aromatic rings. The molecule has 0 saturated carbocycles. The Bertz CT molecular complexity index is 489. The van der Waals surface area contributed by atoms with Crippen LogP contribution in [-0.2, 0) is 19.4 Å². The molecule has 0 fully saturated rings. The summed E-state index contributed by atoms with van der Waals surface area (Å²) in [6, 6.07) is 10.4. The maximum Gasteiger partial charge on any atom is 0.137 e. The van der Waals surface area contributed by atoms with Gasteiger partial charge in [-0.3, -0.25) is 0 Å². The first kappa shape index (κ1) is 10.5. The van der Waals surface area contributed by atoms with E-state index >= 15 is 0 Å². The summed E-state index contributed by atoms with van der Waals surface area (Å²) < 4.78 is 2.26. The van der Waals surface area contributed by atoms with E-state index in [1.54, 1.807) is 0 Å². The first-order valence-electron chi connectivity index (χ1n) is 6.09. The average Bonchev–Trinajstić information content (AvgIpc) is 2.61. The summed E-state index contributed by atoms with van der Waals surface area (Å²) in [7, 11) is 0. The standard InChI is InChI=1S/C13H16N4/c1-2-4-11(5-3-1)10-13-16-15-12-6-7-14-8-9-17(12)13/h1-5,14H,6-10H2. The minimum absolute atomic E-state index is 0.869. The van der Waals surface area contributed by atoms with Crippen molar-refractivity contribution in [1.82, 2.24) is 20.1 Å². The van der Waals surface area contributed by atoms with Crippen molar-refractivity contribution < 1.29 is 0 Å². The molecule has 0 saturated heterocycles. The van der Waals surface area contributed by atoms with E-state index < -0.39 is 0 Å². The smallest absolute Gasteiger partial charge is 0.137 e. The van der Waals surface area contributed by atoms with Crippen LogP contribution in [0.25, 0.3) is 0 Å². The number of hydrogen-bond acceptors (Lipinski definition) is 3. The van der Waals surface area contributed by atoms with Crippen molar-refractivity contribution in [3.05, 3.63) is 47.5 Å². The maximum atomic E-state index is 4.32. The Balaban J connectivity index is 1.86. The lowest BCUT2D eigenvalue weighted by atomic mass is 10.1. The summed E-state index contributed by atoms with van der Waals surface area (Å²) in [5.41, 5.74) is 1.29. The van der Waals surface area contributed by atoms with E-state index in [2.05, 4.69) is 44.3 Å². The van der Waals surface area contributed by atoms with Gasteiger partial charge in [-0.2, -0.15) is 0 Å². The quantitative estimate of drug-likeness (QED) is 0.834. The monoisotopic (exact) mass is 228 g/mol. The molecular formula is C13H16N4. The molecule has 0 aliphatic carbocycles. The molecule has 3 rings (SSSR count). The summed E-state index contributed by atoms with van der Waals surface area (Å²) >= 11 is 0. The molecule has 4 nitrogen and oxygen atoms in total. The van der Waals surface area contributed by atoms with Crippen molar-refractivity contribution in [2.45, 2.75) is 19.4 Å². The van der Waals surface area contributed by atoms with Gasteiger partial charge < -0.3 is 9.88 Å². The predicted molar refractivity (Wildman–Crippen MR) is 65.8 cm³/mol. The molecule has 0 spiro atoms. The van der Waals surface area contributed by atoms with Crippen molar-refractivity contribution in [2.75, 3.05) is 13.1 Å². The number of hydrogen-bond donors (Lipinski definition) is 1. The van der Waals surface area contributed by atoms with Crippen LogP contribution in [-0.4, -0.2) is 27.9 Å². The summed E-state index contributed by atoms with van der Waals surface area (Å²) in [5, 5.41) is 12.0. The third kappa shape index (κ3) is 2.22. The molecule has 1 aliphatic heterocycles. The minimum atomic E-state index is 0.869. The van der Waals surface area contributed by atoms with Crippen molar-refractivity contribution in [1.29, 1.82) is 0 Å². The van der Waals surface area contributed by atoms with Crippen LogP contribution in [0.5, 0.6) is 0 Å². The summed E-state index contributed by atoms with van der Waals surface area (Å²) in [4.78, 5) is 0. The van der Waals surface area contributed by atoms with Gasteiger partial charge in [0, 0.05) is 32.5 Å². The van der Waals surface area contributed by atoms with Crippen LogP contribution in [0, 0.1) is 0 Å². The fourth-order valence-corrected chi connectivity index (χ4v) is 2.24. The molecule has 1 N–H and O–H groups in total. The number of aromatic nitrogens is 3. The van der Waals surface area contributed by atoms with Crippen molar-refractivity contribution >= 4 is 0 Å². The molecular weight excluding hydrogens is 212 g/mol. The third-order valence-electron chi connectivity index (χ3n) is 3.15. The zero-order valence-electron chi connectivity index (χ0n) is 9.76. The van der Waals surface area contributed by atoms with Gasteiger partial charge in [-0.15, -0.1) is 10.2 Å². The predicted octanol–water partition coefficient (Wildman–Crippen LogP) is 1.01. The molecule has 17 heavy (non-hydrogen) atoms. The lowest BCUT2D eigenvalue weighted by molar-refractivity contribution is 0.623. The fourth-order valence-electron chi connectivity index (χ4n) is 2.24. The van der Waals surface area contributed by atoms with Gasteiger partial charge in [0.15, 0.2) is 0 Å². The highest BCUT2D eigenvalue weighted by molar-refractivity contribution is 5.19. The van der Waals surface area contributed by atoms with E-state index in [-0.39, 0.29) is 0 Å². The summed E-state index contributed by atoms with van der Waals surface area (Å²) in [6.45, 7) is 2.99. The van der Waals surface area contributed by atoms with Gasteiger partial charge >= 0.3 is 0 Å². The molecule has 88 valence electrons. The number of rotatable bonds is 2. The maximum absolute atomic E-state index is 4.32. The average molecular weight is 228 g/mol. The lowest BCUT2D eigenvalue weighted by Gasteiger charge is -2.06. The van der Waals surface area contributed by atoms with Crippen molar-refractivity contribution in [2.24, 2.45) is 0 Å². The van der Waals surface area contributed by atoms with E-state index in [1.165, 1.54) is 5.56 Å². The van der Waals surface area contributed by atoms with E-state index in [1.807, 2.05) is 6.07 Å². The van der Waals surface area contributed by atoms with Gasteiger partial charge in [-0.1, -0.05) is 30.3 Å². The Labute approximate surface area is 101 Å². The number of nitrogens with zero attached hydrogens (tertiary/aromatic N) is 3. The van der Waals surface area contributed by atoms with Gasteiger partial charge in [-0.25, -0.2) is 0 Å². The van der Waals surface area contributed by atoms with E-state index in [0.717, 1.165) is 44.1 Å². The topological polar surface area (TPSA) is 42.7 Å². The molecule has 4 heteroatoms. The SMILES string of the molecule is c1ccc(Cc2nnc3n2CCNCC3)cc1. The normalized spacial score (nSPS) is 15.3. The molecule has 1 aliphatic rings. The Kier molecular flexibility index (Phi) is 2.88. The summed E-state index contributed by atoms with van der Waals surface area (Å²) in [5.74, 6) is 2.19. The number of fused-ring (bicyclic) bond motifs is 1. The number of benzene rings is 1. The number of nitrogens with one attached hydrogen (secondary N) is 1. The second-order valence-corrected chi connectivity index (χ2v) is 4.35. The highest BCUT2D eigenvalue weighted by Gasteiger charge is 2.14. The van der Waals surface area contributed by atoms with Gasteiger partial charge in [0.1, 0.15) is 11.6 Å². The first-order chi connectivity index (χ1) is 8.43. The van der Waals surface area contributed by atoms with E-state index in [0.29, 0.717) is 0 Å². The summed E-state index contributed by atoms with van der Waals surface area (Å²) in [6.07, 6.45) is 1.84. The molecule has 2 heterocycles.